The van der Waals surface area contributed by atoms with Crippen molar-refractivity contribution >= 4 is 11.9 Å². The van der Waals surface area contributed by atoms with Crippen molar-refractivity contribution in [3.63, 3.8) is 0 Å². The minimum atomic E-state index is -0.889. The number of unbranched alkanes of at least 4 members (excludes halogenated alkanes) is 1. The molecule has 1 aromatic heterocycles. The van der Waals surface area contributed by atoms with Gasteiger partial charge in [-0.2, -0.15) is 9.78 Å². The third-order valence-corrected chi connectivity index (χ3v) is 3.22. The van der Waals surface area contributed by atoms with Crippen LogP contribution in [0.15, 0.2) is 41.2 Å². The Balaban J connectivity index is 2.08. The highest BCUT2D eigenvalue weighted by Gasteiger charge is 2.12. The predicted octanol–water partition coefficient (Wildman–Crippen LogP) is 1.36. The standard InChI is InChI=1S/C16H16FN3O4/c17-11-5-1-2-6-13(11)20-14(21)9-8-12(19-20)16(24)18-10-4-3-7-15(22)23/h1-2,5-6,8-9H,3-4,7,10H2,(H,18,24)(H,22,23). The van der Waals surface area contributed by atoms with Crippen molar-refractivity contribution in [2.24, 2.45) is 0 Å². The van der Waals surface area contributed by atoms with Crippen LogP contribution >= 0.6 is 0 Å². The van der Waals surface area contributed by atoms with Crippen LogP contribution in [0.25, 0.3) is 5.69 Å². The number of halogens is 1. The van der Waals surface area contributed by atoms with Crippen LogP contribution in [0.3, 0.4) is 0 Å². The van der Waals surface area contributed by atoms with Crippen LogP contribution in [-0.2, 0) is 4.79 Å². The van der Waals surface area contributed by atoms with Crippen molar-refractivity contribution in [2.45, 2.75) is 19.3 Å². The largest absolute Gasteiger partial charge is 0.481 e. The zero-order valence-electron chi connectivity index (χ0n) is 12.7. The van der Waals surface area contributed by atoms with Crippen LogP contribution in [0.1, 0.15) is 29.8 Å². The number of hydrogen-bond acceptors (Lipinski definition) is 4. The summed E-state index contributed by atoms with van der Waals surface area (Å²) in [5.41, 5.74) is -0.632. The topological polar surface area (TPSA) is 101 Å². The van der Waals surface area contributed by atoms with E-state index in [2.05, 4.69) is 10.4 Å². The number of nitrogens with one attached hydrogen (secondary N) is 1. The molecule has 1 amide bonds. The molecule has 126 valence electrons. The zero-order valence-corrected chi connectivity index (χ0v) is 12.7. The molecule has 0 saturated heterocycles. The van der Waals surface area contributed by atoms with Gasteiger partial charge in [0, 0.05) is 19.0 Å². The average molecular weight is 333 g/mol. The molecule has 1 heterocycles. The van der Waals surface area contributed by atoms with E-state index in [1.165, 1.54) is 24.3 Å². The van der Waals surface area contributed by atoms with Crippen molar-refractivity contribution in [1.29, 1.82) is 0 Å². The molecule has 0 unspecified atom stereocenters. The van der Waals surface area contributed by atoms with Crippen molar-refractivity contribution in [2.75, 3.05) is 6.54 Å². The van der Waals surface area contributed by atoms with Gasteiger partial charge in [-0.05, 0) is 31.0 Å². The summed E-state index contributed by atoms with van der Waals surface area (Å²) in [7, 11) is 0. The molecule has 0 saturated carbocycles. The van der Waals surface area contributed by atoms with Gasteiger partial charge in [-0.25, -0.2) is 4.39 Å². The first-order valence-corrected chi connectivity index (χ1v) is 7.34. The van der Waals surface area contributed by atoms with Gasteiger partial charge < -0.3 is 10.4 Å². The smallest absolute Gasteiger partial charge is 0.303 e. The quantitative estimate of drug-likeness (QED) is 0.745. The van der Waals surface area contributed by atoms with Crippen LogP contribution in [0.2, 0.25) is 0 Å². The molecule has 2 N–H and O–H groups in total. The highest BCUT2D eigenvalue weighted by Crippen LogP contribution is 2.09. The number of carbonyl (C=O) groups excluding carboxylic acids is 1. The summed E-state index contributed by atoms with van der Waals surface area (Å²) in [6, 6.07) is 8.01. The molecular weight excluding hydrogens is 317 g/mol. The van der Waals surface area contributed by atoms with Crippen LogP contribution in [0, 0.1) is 5.82 Å². The van der Waals surface area contributed by atoms with E-state index in [0.29, 0.717) is 12.8 Å². The average Bonchev–Trinajstić information content (AvgIpc) is 2.55. The molecule has 0 spiro atoms. The molecule has 0 radical (unpaired) electrons. The van der Waals surface area contributed by atoms with Gasteiger partial charge in [0.2, 0.25) is 0 Å². The third-order valence-electron chi connectivity index (χ3n) is 3.22. The zero-order chi connectivity index (χ0) is 17.5. The highest BCUT2D eigenvalue weighted by molar-refractivity contribution is 5.92. The summed E-state index contributed by atoms with van der Waals surface area (Å²) < 4.78 is 14.6. The molecule has 7 nitrogen and oxygen atoms in total. The molecule has 1 aromatic carbocycles. The number of para-hydroxylation sites is 1. The molecule has 2 rings (SSSR count). The van der Waals surface area contributed by atoms with Gasteiger partial charge in [-0.1, -0.05) is 12.1 Å². The fraction of sp³-hybridized carbons (Fsp3) is 0.250. The normalized spacial score (nSPS) is 10.4. The van der Waals surface area contributed by atoms with E-state index in [-0.39, 0.29) is 24.3 Å². The second kappa shape index (κ2) is 8.00. The Hall–Kier alpha value is -3.03. The minimum absolute atomic E-state index is 0.0314. The number of rotatable bonds is 7. The van der Waals surface area contributed by atoms with Gasteiger partial charge in [-0.3, -0.25) is 14.4 Å². The van der Waals surface area contributed by atoms with E-state index >= 15 is 0 Å². The van der Waals surface area contributed by atoms with E-state index in [1.54, 1.807) is 6.07 Å². The van der Waals surface area contributed by atoms with Gasteiger partial charge in [0.05, 0.1) is 0 Å². The maximum absolute atomic E-state index is 13.8. The second-order valence-corrected chi connectivity index (χ2v) is 5.03. The Kier molecular flexibility index (Phi) is 5.78. The monoisotopic (exact) mass is 333 g/mol. The summed E-state index contributed by atoms with van der Waals surface area (Å²) in [4.78, 5) is 34.3. The molecule has 0 aliphatic carbocycles. The van der Waals surface area contributed by atoms with E-state index < -0.39 is 23.3 Å². The fourth-order valence-electron chi connectivity index (χ4n) is 2.02. The summed E-state index contributed by atoms with van der Waals surface area (Å²) in [5, 5.41) is 15.0. The number of nitrogens with zero attached hydrogens (tertiary/aromatic N) is 2. The third kappa shape index (κ3) is 4.48. The number of hydrogen-bond donors (Lipinski definition) is 2. The Morgan fingerprint density at radius 2 is 1.92 bits per heavy atom. The van der Waals surface area contributed by atoms with Crippen molar-refractivity contribution < 1.29 is 19.1 Å². The number of benzene rings is 1. The SMILES string of the molecule is O=C(O)CCCCNC(=O)c1ccc(=O)n(-c2ccccc2F)n1. The van der Waals surface area contributed by atoms with Gasteiger partial charge >= 0.3 is 5.97 Å². The van der Waals surface area contributed by atoms with E-state index in [0.717, 1.165) is 10.7 Å². The van der Waals surface area contributed by atoms with Crippen molar-refractivity contribution in [3.05, 3.63) is 58.3 Å². The minimum Gasteiger partial charge on any atom is -0.481 e. The number of carboxylic acid groups (broad SMARTS) is 1. The predicted molar refractivity (Wildman–Crippen MR) is 83.6 cm³/mol. The lowest BCUT2D eigenvalue weighted by Crippen LogP contribution is -2.29. The van der Waals surface area contributed by atoms with E-state index in [4.69, 9.17) is 5.11 Å². The van der Waals surface area contributed by atoms with Crippen LogP contribution in [-0.4, -0.2) is 33.3 Å². The molecule has 2 aromatic rings. The number of carbonyl (C=O) groups is 2. The van der Waals surface area contributed by atoms with Gasteiger partial charge in [0.25, 0.3) is 11.5 Å². The molecule has 24 heavy (non-hydrogen) atoms. The molecule has 0 atom stereocenters. The van der Waals surface area contributed by atoms with Gasteiger partial charge in [-0.15, -0.1) is 0 Å². The van der Waals surface area contributed by atoms with Crippen molar-refractivity contribution in [1.82, 2.24) is 15.1 Å². The number of amides is 1. The Labute approximate surface area is 136 Å². The first kappa shape index (κ1) is 17.3. The lowest BCUT2D eigenvalue weighted by molar-refractivity contribution is -0.137. The van der Waals surface area contributed by atoms with Gasteiger partial charge in [0.15, 0.2) is 0 Å². The van der Waals surface area contributed by atoms with Gasteiger partial charge in [0.1, 0.15) is 17.2 Å². The first-order chi connectivity index (χ1) is 11.5. The maximum Gasteiger partial charge on any atom is 0.303 e. The Morgan fingerprint density at radius 1 is 1.17 bits per heavy atom. The molecule has 8 heteroatoms. The number of aliphatic carboxylic acids is 1. The lowest BCUT2D eigenvalue weighted by Gasteiger charge is -2.08. The van der Waals surface area contributed by atoms with Crippen LogP contribution in [0.5, 0.6) is 0 Å². The summed E-state index contributed by atoms with van der Waals surface area (Å²) >= 11 is 0. The maximum atomic E-state index is 13.8. The molecular formula is C16H16FN3O4. The highest BCUT2D eigenvalue weighted by atomic mass is 19.1. The number of aromatic nitrogens is 2. The summed E-state index contributed by atoms with van der Waals surface area (Å²) in [5.74, 6) is -2.03. The van der Waals surface area contributed by atoms with E-state index in [9.17, 15) is 18.8 Å². The Morgan fingerprint density at radius 3 is 2.62 bits per heavy atom. The number of carboxylic acids is 1. The summed E-state index contributed by atoms with van der Waals surface area (Å²) in [6.45, 7) is 0.284. The lowest BCUT2D eigenvalue weighted by atomic mass is 10.2. The molecule has 0 fully saturated rings. The Bertz CT molecular complexity index is 804. The molecule has 0 bridgehead atoms. The van der Waals surface area contributed by atoms with E-state index in [1.807, 2.05) is 0 Å². The fourth-order valence-corrected chi connectivity index (χ4v) is 2.02. The van der Waals surface area contributed by atoms with Crippen molar-refractivity contribution in [3.8, 4) is 5.69 Å². The van der Waals surface area contributed by atoms with Crippen LogP contribution in [0.4, 0.5) is 4.39 Å². The molecule has 0 aliphatic heterocycles. The first-order valence-electron chi connectivity index (χ1n) is 7.34. The van der Waals surface area contributed by atoms with Crippen LogP contribution < -0.4 is 10.9 Å². The molecule has 0 aliphatic rings. The second-order valence-electron chi connectivity index (χ2n) is 5.03. The summed E-state index contributed by atoms with van der Waals surface area (Å²) in [6.07, 6.45) is 0.981.